The molecule has 4 fully saturated rings. The zero-order valence-electron chi connectivity index (χ0n) is 11.3. The van der Waals surface area contributed by atoms with Crippen LogP contribution in [0.1, 0.15) is 19.3 Å². The molecule has 0 aromatic carbocycles. The average molecular weight is 285 g/mol. The van der Waals surface area contributed by atoms with Gasteiger partial charge in [-0.1, -0.05) is 0 Å². The number of morpholine rings is 2. The van der Waals surface area contributed by atoms with Crippen molar-refractivity contribution in [1.29, 1.82) is 0 Å². The van der Waals surface area contributed by atoms with E-state index in [2.05, 4.69) is 10.6 Å². The van der Waals surface area contributed by atoms with E-state index in [0.717, 1.165) is 6.42 Å². The Balaban J connectivity index is 1.54. The summed E-state index contributed by atoms with van der Waals surface area (Å²) in [5.41, 5.74) is 0. The van der Waals surface area contributed by atoms with Crippen molar-refractivity contribution >= 4 is 5.91 Å². The van der Waals surface area contributed by atoms with Gasteiger partial charge in [0, 0.05) is 12.1 Å². The number of halogens is 1. The Bertz CT molecular complexity index is 410. The largest absolute Gasteiger partial charge is 0.369 e. The number of alkyl halides is 1. The van der Waals surface area contributed by atoms with Gasteiger partial charge in [0.05, 0.1) is 19.3 Å². The lowest BCUT2D eigenvalue weighted by Gasteiger charge is -2.54. The van der Waals surface area contributed by atoms with Gasteiger partial charge in [0.15, 0.2) is 0 Å². The van der Waals surface area contributed by atoms with Crippen LogP contribution in [0.4, 0.5) is 4.39 Å². The van der Waals surface area contributed by atoms with Crippen molar-refractivity contribution < 1.29 is 18.7 Å². The highest BCUT2D eigenvalue weighted by Gasteiger charge is 2.49. The summed E-state index contributed by atoms with van der Waals surface area (Å²) in [5.74, 6) is 0.00600. The highest BCUT2D eigenvalue weighted by molar-refractivity contribution is 5.79. The molecule has 4 rings (SSSR count). The predicted octanol–water partition coefficient (Wildman–Crippen LogP) is -0.652. The third-order valence-electron chi connectivity index (χ3n) is 4.82. The van der Waals surface area contributed by atoms with Crippen LogP contribution in [0, 0.1) is 0 Å². The van der Waals surface area contributed by atoms with Gasteiger partial charge in [-0.15, -0.1) is 0 Å². The first-order chi connectivity index (χ1) is 9.72. The van der Waals surface area contributed by atoms with Crippen LogP contribution in [0.2, 0.25) is 0 Å². The molecule has 7 heteroatoms. The van der Waals surface area contributed by atoms with Crippen LogP contribution in [-0.2, 0) is 14.3 Å². The Morgan fingerprint density at radius 3 is 3.00 bits per heavy atom. The molecule has 0 aromatic rings. The quantitative estimate of drug-likeness (QED) is 0.619. The Morgan fingerprint density at radius 2 is 2.10 bits per heavy atom. The smallest absolute Gasteiger partial charge is 0.250 e. The zero-order valence-corrected chi connectivity index (χ0v) is 11.3. The van der Waals surface area contributed by atoms with Gasteiger partial charge in [-0.05, 0) is 19.3 Å². The maximum Gasteiger partial charge on any atom is 0.250 e. The minimum Gasteiger partial charge on any atom is -0.369 e. The molecule has 3 saturated heterocycles. The Labute approximate surface area is 117 Å². The fourth-order valence-electron chi connectivity index (χ4n) is 3.84. The first kappa shape index (κ1) is 12.9. The van der Waals surface area contributed by atoms with Crippen molar-refractivity contribution in [3.63, 3.8) is 0 Å². The molecule has 0 spiro atoms. The fraction of sp³-hybridized carbons (Fsp3) is 0.923. The van der Waals surface area contributed by atoms with E-state index in [9.17, 15) is 9.18 Å². The normalized spacial score (nSPS) is 48.2. The third-order valence-corrected chi connectivity index (χ3v) is 4.82. The molecule has 6 nitrogen and oxygen atoms in total. The Kier molecular flexibility index (Phi) is 3.17. The van der Waals surface area contributed by atoms with Crippen molar-refractivity contribution in [2.45, 2.75) is 56.0 Å². The Hall–Kier alpha value is -0.760. The highest BCUT2D eigenvalue weighted by atomic mass is 19.1. The second kappa shape index (κ2) is 4.91. The van der Waals surface area contributed by atoms with Crippen molar-refractivity contribution in [3.05, 3.63) is 0 Å². The lowest BCUT2D eigenvalue weighted by molar-refractivity contribution is -0.196. The summed E-state index contributed by atoms with van der Waals surface area (Å²) < 4.78 is 24.6. The van der Waals surface area contributed by atoms with Crippen LogP contribution in [0.25, 0.3) is 0 Å². The van der Waals surface area contributed by atoms with Gasteiger partial charge in [0.25, 0.3) is 0 Å². The van der Waals surface area contributed by atoms with Crippen molar-refractivity contribution in [3.8, 4) is 0 Å². The van der Waals surface area contributed by atoms with Crippen LogP contribution >= 0.6 is 0 Å². The number of fused-ring (bicyclic) bond motifs is 4. The highest BCUT2D eigenvalue weighted by Crippen LogP contribution is 2.30. The SMILES string of the molecule is O=C1COC[C@H]2COC3NC4CC(F)CCC4NC3N12. The summed E-state index contributed by atoms with van der Waals surface area (Å²) >= 11 is 0. The maximum atomic E-state index is 13.5. The van der Waals surface area contributed by atoms with Crippen molar-refractivity contribution in [2.24, 2.45) is 0 Å². The van der Waals surface area contributed by atoms with Gasteiger partial charge in [-0.2, -0.15) is 0 Å². The monoisotopic (exact) mass is 285 g/mol. The number of ether oxygens (including phenoxy) is 2. The van der Waals surface area contributed by atoms with Gasteiger partial charge >= 0.3 is 0 Å². The molecule has 3 aliphatic heterocycles. The molecule has 0 radical (unpaired) electrons. The van der Waals surface area contributed by atoms with Crippen molar-refractivity contribution in [2.75, 3.05) is 19.8 Å². The Morgan fingerprint density at radius 1 is 1.20 bits per heavy atom. The van der Waals surface area contributed by atoms with Gasteiger partial charge in [0.1, 0.15) is 25.2 Å². The number of rotatable bonds is 0. The van der Waals surface area contributed by atoms with E-state index in [0.29, 0.717) is 26.1 Å². The molecule has 20 heavy (non-hydrogen) atoms. The van der Waals surface area contributed by atoms with E-state index in [1.54, 1.807) is 0 Å². The number of hydrogen-bond acceptors (Lipinski definition) is 5. The fourth-order valence-corrected chi connectivity index (χ4v) is 3.84. The topological polar surface area (TPSA) is 62.8 Å². The molecule has 6 atom stereocenters. The summed E-state index contributed by atoms with van der Waals surface area (Å²) in [6.07, 6.45) is 0.760. The molecule has 2 N–H and O–H groups in total. The molecule has 1 aliphatic carbocycles. The number of nitrogens with one attached hydrogen (secondary N) is 2. The number of nitrogens with zero attached hydrogens (tertiary/aromatic N) is 1. The second-order valence-electron chi connectivity index (χ2n) is 6.13. The summed E-state index contributed by atoms with van der Waals surface area (Å²) in [6.45, 7) is 1.14. The molecule has 0 bridgehead atoms. The number of hydrogen-bond donors (Lipinski definition) is 2. The van der Waals surface area contributed by atoms with E-state index in [4.69, 9.17) is 9.47 Å². The molecular formula is C13H20FN3O3. The van der Waals surface area contributed by atoms with E-state index in [1.165, 1.54) is 0 Å². The van der Waals surface area contributed by atoms with E-state index < -0.39 is 6.17 Å². The summed E-state index contributed by atoms with van der Waals surface area (Å²) in [5, 5.41) is 6.88. The molecule has 1 saturated carbocycles. The maximum absolute atomic E-state index is 13.5. The number of amides is 1. The lowest BCUT2D eigenvalue weighted by atomic mass is 9.86. The molecule has 3 heterocycles. The van der Waals surface area contributed by atoms with Gasteiger partial charge in [0.2, 0.25) is 5.91 Å². The minimum atomic E-state index is -0.733. The van der Waals surface area contributed by atoms with Crippen LogP contribution < -0.4 is 10.6 Å². The van der Waals surface area contributed by atoms with Gasteiger partial charge in [-0.25, -0.2) is 4.39 Å². The van der Waals surface area contributed by atoms with E-state index in [1.807, 2.05) is 4.90 Å². The second-order valence-corrected chi connectivity index (χ2v) is 6.13. The summed E-state index contributed by atoms with van der Waals surface area (Å²) in [4.78, 5) is 14.0. The first-order valence-corrected chi connectivity index (χ1v) is 7.39. The molecule has 5 unspecified atom stereocenters. The van der Waals surface area contributed by atoms with E-state index >= 15 is 0 Å². The van der Waals surface area contributed by atoms with E-state index in [-0.39, 0.29) is 43.0 Å². The lowest BCUT2D eigenvalue weighted by Crippen LogP contribution is -2.77. The third kappa shape index (κ3) is 2.04. The first-order valence-electron chi connectivity index (χ1n) is 7.39. The average Bonchev–Trinajstić information content (AvgIpc) is 2.45. The number of carbonyl (C=O) groups excluding carboxylic acids is 1. The summed E-state index contributed by atoms with van der Waals surface area (Å²) in [7, 11) is 0. The molecule has 1 amide bonds. The molecule has 0 aromatic heterocycles. The van der Waals surface area contributed by atoms with Crippen LogP contribution in [-0.4, -0.2) is 67.3 Å². The minimum absolute atomic E-state index is 0.00600. The zero-order chi connectivity index (χ0) is 13.7. The van der Waals surface area contributed by atoms with Gasteiger partial charge < -0.3 is 14.4 Å². The van der Waals surface area contributed by atoms with Gasteiger partial charge in [-0.3, -0.25) is 15.4 Å². The molecule has 4 aliphatic rings. The van der Waals surface area contributed by atoms with Crippen molar-refractivity contribution in [1.82, 2.24) is 15.5 Å². The molecular weight excluding hydrogens is 265 g/mol. The number of piperazine rings is 1. The predicted molar refractivity (Wildman–Crippen MR) is 67.6 cm³/mol. The van der Waals surface area contributed by atoms with Crippen LogP contribution in [0.3, 0.4) is 0 Å². The number of carbonyl (C=O) groups is 1. The standard InChI is InChI=1S/C13H20FN3O3/c14-7-1-2-9-10(3-7)16-13-12(15-9)17-8(5-20-13)4-19-6-11(17)18/h7-10,12-13,15-16H,1-6H2/t7?,8-,9?,10?,12?,13?/m0/s1. The molecule has 112 valence electrons. The van der Waals surface area contributed by atoms with Crippen LogP contribution in [0.5, 0.6) is 0 Å². The summed E-state index contributed by atoms with van der Waals surface area (Å²) in [6, 6.07) is 0.287. The van der Waals surface area contributed by atoms with Crippen LogP contribution in [0.15, 0.2) is 0 Å².